The van der Waals surface area contributed by atoms with Crippen molar-refractivity contribution in [3.05, 3.63) is 71.5 Å². The molecule has 0 aliphatic heterocycles. The molecule has 180 valence electrons. The van der Waals surface area contributed by atoms with E-state index in [4.69, 9.17) is 9.84 Å². The predicted octanol–water partition coefficient (Wildman–Crippen LogP) is 3.76. The summed E-state index contributed by atoms with van der Waals surface area (Å²) >= 11 is 0. The minimum absolute atomic E-state index is 0.0832. The summed E-state index contributed by atoms with van der Waals surface area (Å²) in [5.41, 5.74) is 4.81. The number of amides is 2. The van der Waals surface area contributed by atoms with E-state index in [0.717, 1.165) is 35.1 Å². The molecular weight excluding hydrogens is 448 g/mol. The quantitative estimate of drug-likeness (QED) is 0.457. The summed E-state index contributed by atoms with van der Waals surface area (Å²) in [7, 11) is 1.58. The monoisotopic (exact) mass is 474 g/mol. The number of rotatable bonds is 8. The fourth-order valence-corrected chi connectivity index (χ4v) is 4.80. The molecule has 35 heavy (non-hydrogen) atoms. The fourth-order valence-electron chi connectivity index (χ4n) is 4.80. The van der Waals surface area contributed by atoms with Gasteiger partial charge in [-0.1, -0.05) is 48.5 Å². The number of nitrogens with zero attached hydrogens (tertiary/aromatic N) is 2. The Morgan fingerprint density at radius 2 is 1.71 bits per heavy atom. The first-order valence-electron chi connectivity index (χ1n) is 11.6. The zero-order chi connectivity index (χ0) is 24.5. The summed E-state index contributed by atoms with van der Waals surface area (Å²) in [6.45, 7) is 0.143. The number of carboxylic acids is 1. The van der Waals surface area contributed by atoms with Crippen LogP contribution in [-0.2, 0) is 16.6 Å². The summed E-state index contributed by atoms with van der Waals surface area (Å²) in [6, 6.07) is 15.7. The van der Waals surface area contributed by atoms with Crippen LogP contribution in [0.25, 0.3) is 11.1 Å². The Morgan fingerprint density at radius 3 is 2.31 bits per heavy atom. The van der Waals surface area contributed by atoms with Crippen LogP contribution >= 0.6 is 0 Å². The summed E-state index contributed by atoms with van der Waals surface area (Å²) in [5, 5.41) is 18.7. The van der Waals surface area contributed by atoms with Gasteiger partial charge in [0.15, 0.2) is 0 Å². The van der Waals surface area contributed by atoms with Crippen LogP contribution in [0.2, 0.25) is 0 Å². The highest BCUT2D eigenvalue weighted by Crippen LogP contribution is 2.44. The number of benzene rings is 2. The van der Waals surface area contributed by atoms with Crippen molar-refractivity contribution >= 4 is 23.7 Å². The number of hydrogen-bond donors (Lipinski definition) is 3. The van der Waals surface area contributed by atoms with E-state index in [2.05, 4.69) is 27.9 Å². The lowest BCUT2D eigenvalue weighted by atomic mass is 9.98. The van der Waals surface area contributed by atoms with Crippen LogP contribution in [0.4, 0.5) is 10.5 Å². The highest BCUT2D eigenvalue weighted by Gasteiger charge is 2.35. The predicted molar refractivity (Wildman–Crippen MR) is 128 cm³/mol. The van der Waals surface area contributed by atoms with Crippen LogP contribution in [-0.4, -0.2) is 45.5 Å². The third kappa shape index (κ3) is 4.62. The van der Waals surface area contributed by atoms with Gasteiger partial charge in [-0.2, -0.15) is 5.10 Å². The Morgan fingerprint density at radius 1 is 1.09 bits per heavy atom. The van der Waals surface area contributed by atoms with Crippen molar-refractivity contribution in [3.63, 3.8) is 0 Å². The lowest BCUT2D eigenvalue weighted by Gasteiger charge is -2.17. The van der Waals surface area contributed by atoms with Crippen LogP contribution in [0, 0.1) is 5.92 Å². The van der Waals surface area contributed by atoms with Gasteiger partial charge in [-0.05, 0) is 41.0 Å². The molecule has 2 aromatic carbocycles. The topological polar surface area (TPSA) is 123 Å². The van der Waals surface area contributed by atoms with Gasteiger partial charge >= 0.3 is 12.1 Å². The largest absolute Gasteiger partial charge is 0.481 e. The van der Waals surface area contributed by atoms with E-state index >= 15 is 0 Å². The molecule has 0 spiro atoms. The number of aryl methyl sites for hydroxylation is 1. The number of aromatic nitrogens is 2. The number of carboxylic acid groups (broad SMARTS) is 1. The first-order chi connectivity index (χ1) is 16.9. The van der Waals surface area contributed by atoms with Gasteiger partial charge in [0.05, 0.1) is 18.3 Å². The summed E-state index contributed by atoms with van der Waals surface area (Å²) in [5.74, 6) is -1.39. The molecule has 1 saturated carbocycles. The Hall–Kier alpha value is -4.14. The van der Waals surface area contributed by atoms with E-state index < -0.39 is 24.0 Å². The van der Waals surface area contributed by atoms with Gasteiger partial charge in [-0.15, -0.1) is 0 Å². The zero-order valence-corrected chi connectivity index (χ0v) is 19.2. The normalized spacial score (nSPS) is 15.1. The van der Waals surface area contributed by atoms with Crippen LogP contribution in [0.1, 0.15) is 46.8 Å². The number of ether oxygens (including phenoxy) is 1. The van der Waals surface area contributed by atoms with Crippen LogP contribution < -0.4 is 10.6 Å². The number of carbonyl (C=O) groups is 3. The number of nitrogens with one attached hydrogen (secondary N) is 2. The number of carbonyl (C=O) groups excluding carboxylic acids is 2. The zero-order valence-electron chi connectivity index (χ0n) is 19.2. The van der Waals surface area contributed by atoms with Gasteiger partial charge in [0.2, 0.25) is 0 Å². The van der Waals surface area contributed by atoms with Crippen molar-refractivity contribution in [2.24, 2.45) is 13.0 Å². The van der Waals surface area contributed by atoms with Gasteiger partial charge in [0, 0.05) is 19.0 Å². The van der Waals surface area contributed by atoms with E-state index in [1.807, 2.05) is 36.4 Å². The standard InChI is InChI=1S/C26H26N4O5/c1-30-24(25(33)28-21(12-23(31)32)15-10-11-15)22(13-27-30)29-26(34)35-14-20-18-8-4-2-6-16(18)17-7-3-5-9-19(17)20/h2-9,13,15,20-21H,10-12,14H2,1H3,(H,28,33)(H,29,34)(H,31,32). The maximum atomic E-state index is 12.9. The first-order valence-corrected chi connectivity index (χ1v) is 11.6. The minimum Gasteiger partial charge on any atom is -0.481 e. The molecule has 5 rings (SSSR count). The molecule has 1 aromatic heterocycles. The van der Waals surface area contributed by atoms with Crippen LogP contribution in [0.3, 0.4) is 0 Å². The molecule has 9 heteroatoms. The van der Waals surface area contributed by atoms with E-state index in [9.17, 15) is 14.4 Å². The molecule has 2 amide bonds. The molecular formula is C26H26N4O5. The second-order valence-electron chi connectivity index (χ2n) is 9.00. The van der Waals surface area contributed by atoms with Crippen molar-refractivity contribution in [3.8, 4) is 11.1 Å². The maximum Gasteiger partial charge on any atom is 0.411 e. The minimum atomic E-state index is -0.968. The molecule has 0 radical (unpaired) electrons. The average molecular weight is 475 g/mol. The summed E-state index contributed by atoms with van der Waals surface area (Å²) in [4.78, 5) is 36.8. The molecule has 1 atom stereocenters. The van der Waals surface area contributed by atoms with Gasteiger partial charge in [0.1, 0.15) is 12.3 Å². The molecule has 2 aliphatic rings. The Bertz CT molecular complexity index is 1250. The van der Waals surface area contributed by atoms with E-state index in [1.54, 1.807) is 7.05 Å². The van der Waals surface area contributed by atoms with Gasteiger partial charge < -0.3 is 15.2 Å². The summed E-state index contributed by atoms with van der Waals surface area (Å²) in [6.07, 6.45) is 2.30. The lowest BCUT2D eigenvalue weighted by Crippen LogP contribution is -2.39. The molecule has 3 aromatic rings. The van der Waals surface area contributed by atoms with Crippen LogP contribution in [0.15, 0.2) is 54.7 Å². The van der Waals surface area contributed by atoms with E-state index in [1.165, 1.54) is 10.9 Å². The average Bonchev–Trinajstić information content (AvgIpc) is 3.55. The highest BCUT2D eigenvalue weighted by atomic mass is 16.5. The molecule has 0 bridgehead atoms. The van der Waals surface area contributed by atoms with Crippen molar-refractivity contribution in [2.75, 3.05) is 11.9 Å². The van der Waals surface area contributed by atoms with E-state index in [-0.39, 0.29) is 36.2 Å². The third-order valence-electron chi connectivity index (χ3n) is 6.64. The second kappa shape index (κ2) is 9.25. The smallest absolute Gasteiger partial charge is 0.411 e. The number of fused-ring (bicyclic) bond motifs is 3. The Labute approximate surface area is 202 Å². The molecule has 1 fully saturated rings. The van der Waals surface area contributed by atoms with Crippen molar-refractivity contribution in [2.45, 2.75) is 31.2 Å². The second-order valence-corrected chi connectivity index (χ2v) is 9.00. The fraction of sp³-hybridized carbons (Fsp3) is 0.308. The Balaban J connectivity index is 1.26. The highest BCUT2D eigenvalue weighted by molar-refractivity contribution is 6.01. The lowest BCUT2D eigenvalue weighted by molar-refractivity contribution is -0.137. The van der Waals surface area contributed by atoms with Gasteiger partial charge in [0.25, 0.3) is 5.91 Å². The van der Waals surface area contributed by atoms with Gasteiger partial charge in [-0.3, -0.25) is 19.6 Å². The summed E-state index contributed by atoms with van der Waals surface area (Å²) < 4.78 is 6.92. The number of hydrogen-bond acceptors (Lipinski definition) is 5. The SMILES string of the molecule is Cn1ncc(NC(=O)OCC2c3ccccc3-c3ccccc32)c1C(=O)NC(CC(=O)O)C1CC1. The molecule has 1 heterocycles. The number of anilines is 1. The molecule has 3 N–H and O–H groups in total. The van der Waals surface area contributed by atoms with Crippen molar-refractivity contribution < 1.29 is 24.2 Å². The molecule has 9 nitrogen and oxygen atoms in total. The van der Waals surface area contributed by atoms with Crippen molar-refractivity contribution in [1.29, 1.82) is 0 Å². The van der Waals surface area contributed by atoms with Gasteiger partial charge in [-0.25, -0.2) is 4.79 Å². The number of aliphatic carboxylic acids is 1. The maximum absolute atomic E-state index is 12.9. The molecule has 2 aliphatic carbocycles. The Kier molecular flexibility index (Phi) is 5.98. The molecule has 1 unspecified atom stereocenters. The van der Waals surface area contributed by atoms with E-state index in [0.29, 0.717) is 0 Å². The van der Waals surface area contributed by atoms with Crippen molar-refractivity contribution in [1.82, 2.24) is 15.1 Å². The molecule has 0 saturated heterocycles. The van der Waals surface area contributed by atoms with Crippen LogP contribution in [0.5, 0.6) is 0 Å². The first kappa shape index (κ1) is 22.6. The third-order valence-corrected chi connectivity index (χ3v) is 6.64.